The molecule has 0 spiro atoms. The normalized spacial score (nSPS) is 11.7. The summed E-state index contributed by atoms with van der Waals surface area (Å²) in [7, 11) is -3.80. The topological polar surface area (TPSA) is 139 Å². The van der Waals surface area contributed by atoms with Crippen molar-refractivity contribution in [3.8, 4) is 28.7 Å². The van der Waals surface area contributed by atoms with Crippen LogP contribution in [0.4, 0.5) is 5.00 Å². The summed E-state index contributed by atoms with van der Waals surface area (Å²) in [5.74, 6) is 0.613. The number of nitrogens with two attached hydrogens (primary N) is 1. The first-order chi connectivity index (χ1) is 19.2. The van der Waals surface area contributed by atoms with Gasteiger partial charge in [-0.15, -0.1) is 0 Å². The Bertz CT molecular complexity index is 1860. The molecule has 0 aliphatic carbocycles. The van der Waals surface area contributed by atoms with Crippen LogP contribution in [0, 0.1) is 18.3 Å². The highest BCUT2D eigenvalue weighted by Crippen LogP contribution is 2.37. The summed E-state index contributed by atoms with van der Waals surface area (Å²) in [5, 5.41) is 19.0. The van der Waals surface area contributed by atoms with Crippen LogP contribution in [0.5, 0.6) is 0 Å². The zero-order chi connectivity index (χ0) is 28.3. The lowest BCUT2D eigenvalue weighted by atomic mass is 10.1. The zero-order valence-corrected chi connectivity index (χ0v) is 22.8. The van der Waals surface area contributed by atoms with E-state index in [1.54, 1.807) is 42.5 Å². The average Bonchev–Trinajstić information content (AvgIpc) is 3.59. The summed E-state index contributed by atoms with van der Waals surface area (Å²) in [4.78, 5) is 17.7. The molecule has 0 aliphatic rings. The minimum absolute atomic E-state index is 0.00189. The van der Waals surface area contributed by atoms with Gasteiger partial charge in [0.05, 0.1) is 10.5 Å². The SMILES string of the molecule is Cc1ccc(C(=O)Nc2sc(/C(C#N)=C/c3ccc(-c4ccc(S(N)(=O)=O)cc4)o3)nc2-c2ccccc2)cc1. The molecule has 1 amide bonds. The molecule has 0 aliphatic heterocycles. The van der Waals surface area contributed by atoms with E-state index >= 15 is 0 Å². The molecular formula is C30H22N4O4S2. The fourth-order valence-electron chi connectivity index (χ4n) is 3.87. The van der Waals surface area contributed by atoms with Crippen molar-refractivity contribution in [1.82, 2.24) is 4.98 Å². The summed E-state index contributed by atoms with van der Waals surface area (Å²) in [6, 6.07) is 28.2. The molecule has 198 valence electrons. The third-order valence-corrected chi connectivity index (χ3v) is 7.88. The van der Waals surface area contributed by atoms with Gasteiger partial charge in [0.2, 0.25) is 10.0 Å². The molecule has 3 N–H and O–H groups in total. The van der Waals surface area contributed by atoms with Crippen LogP contribution in [0.1, 0.15) is 26.7 Å². The molecule has 3 aromatic carbocycles. The second-order valence-corrected chi connectivity index (χ2v) is 11.4. The Morgan fingerprint density at radius 1 is 0.975 bits per heavy atom. The number of benzene rings is 3. The van der Waals surface area contributed by atoms with Crippen molar-refractivity contribution >= 4 is 43.9 Å². The van der Waals surface area contributed by atoms with E-state index in [1.807, 2.05) is 49.4 Å². The number of anilines is 1. The number of allylic oxidation sites excluding steroid dienone is 1. The van der Waals surface area contributed by atoms with Crippen LogP contribution in [0.2, 0.25) is 0 Å². The number of nitrogens with one attached hydrogen (secondary N) is 1. The molecule has 0 saturated heterocycles. The lowest BCUT2D eigenvalue weighted by Crippen LogP contribution is -2.11. The third-order valence-electron chi connectivity index (χ3n) is 5.95. The summed E-state index contributed by atoms with van der Waals surface area (Å²) in [6.45, 7) is 1.95. The number of primary sulfonamides is 1. The van der Waals surface area contributed by atoms with E-state index in [2.05, 4.69) is 11.4 Å². The van der Waals surface area contributed by atoms with E-state index in [-0.39, 0.29) is 16.4 Å². The summed E-state index contributed by atoms with van der Waals surface area (Å²) >= 11 is 1.20. The number of hydrogen-bond donors (Lipinski definition) is 2. The summed E-state index contributed by atoms with van der Waals surface area (Å²) in [5.41, 5.74) is 3.81. The largest absolute Gasteiger partial charge is 0.457 e. The molecule has 5 aromatic rings. The van der Waals surface area contributed by atoms with Crippen LogP contribution in [-0.2, 0) is 10.0 Å². The lowest BCUT2D eigenvalue weighted by molar-refractivity contribution is 0.102. The number of thiazole rings is 1. The van der Waals surface area contributed by atoms with Crippen LogP contribution in [0.3, 0.4) is 0 Å². The number of nitriles is 1. The summed E-state index contributed by atoms with van der Waals surface area (Å²) < 4.78 is 28.9. The van der Waals surface area contributed by atoms with E-state index in [0.29, 0.717) is 38.4 Å². The molecule has 5 rings (SSSR count). The fraction of sp³-hybridized carbons (Fsp3) is 0.0333. The van der Waals surface area contributed by atoms with E-state index in [1.165, 1.54) is 23.5 Å². The highest BCUT2D eigenvalue weighted by atomic mass is 32.2. The van der Waals surface area contributed by atoms with Gasteiger partial charge in [0.25, 0.3) is 5.91 Å². The maximum atomic E-state index is 13.0. The maximum absolute atomic E-state index is 13.0. The Kier molecular flexibility index (Phi) is 7.44. The van der Waals surface area contributed by atoms with Gasteiger partial charge in [-0.3, -0.25) is 4.79 Å². The Hall–Kier alpha value is -4.82. The number of aromatic nitrogens is 1. The number of carbonyl (C=O) groups excluding carboxylic acids is 1. The molecule has 2 aromatic heterocycles. The third kappa shape index (κ3) is 5.92. The first-order valence-electron chi connectivity index (χ1n) is 12.0. The predicted octanol–water partition coefficient (Wildman–Crippen LogP) is 6.34. The number of furan rings is 1. The Morgan fingerprint density at radius 3 is 2.33 bits per heavy atom. The van der Waals surface area contributed by atoms with Crippen molar-refractivity contribution in [2.45, 2.75) is 11.8 Å². The first kappa shape index (κ1) is 26.8. The monoisotopic (exact) mass is 566 g/mol. The van der Waals surface area contributed by atoms with Gasteiger partial charge in [0, 0.05) is 22.8 Å². The Balaban J connectivity index is 1.47. The molecule has 0 fully saturated rings. The molecule has 40 heavy (non-hydrogen) atoms. The molecule has 2 heterocycles. The molecular weight excluding hydrogens is 544 g/mol. The molecule has 0 bridgehead atoms. The Labute approximate surface area is 235 Å². The molecule has 0 atom stereocenters. The van der Waals surface area contributed by atoms with Gasteiger partial charge >= 0.3 is 0 Å². The first-order valence-corrected chi connectivity index (χ1v) is 14.4. The van der Waals surface area contributed by atoms with Crippen LogP contribution in [-0.4, -0.2) is 19.3 Å². The number of aryl methyl sites for hydroxylation is 1. The molecule has 8 nitrogen and oxygen atoms in total. The van der Waals surface area contributed by atoms with Gasteiger partial charge in [0.15, 0.2) is 0 Å². The lowest BCUT2D eigenvalue weighted by Gasteiger charge is -2.05. The van der Waals surface area contributed by atoms with Gasteiger partial charge in [-0.05, 0) is 55.5 Å². The standard InChI is InChI=1S/C30H22N4O4S2/c1-19-7-9-22(10-8-19)28(35)34-30-27(21-5-3-2-4-6-21)33-29(39-30)23(18-31)17-24-13-16-26(38-24)20-11-14-25(15-12-20)40(32,36)37/h2-17H,1H3,(H,34,35)(H2,32,36,37)/b23-17+. The van der Waals surface area contributed by atoms with E-state index in [9.17, 15) is 18.5 Å². The number of hydrogen-bond acceptors (Lipinski definition) is 7. The quantitative estimate of drug-likeness (QED) is 0.220. The molecule has 0 saturated carbocycles. The zero-order valence-electron chi connectivity index (χ0n) is 21.2. The van der Waals surface area contributed by atoms with E-state index < -0.39 is 10.0 Å². The summed E-state index contributed by atoms with van der Waals surface area (Å²) in [6.07, 6.45) is 1.57. The van der Waals surface area contributed by atoms with Crippen molar-refractivity contribution < 1.29 is 17.6 Å². The van der Waals surface area contributed by atoms with Gasteiger partial charge in [-0.25, -0.2) is 18.5 Å². The number of sulfonamides is 1. The van der Waals surface area contributed by atoms with Gasteiger partial charge in [0.1, 0.15) is 33.3 Å². The number of carbonyl (C=O) groups is 1. The predicted molar refractivity (Wildman–Crippen MR) is 156 cm³/mol. The van der Waals surface area contributed by atoms with Gasteiger partial charge in [-0.1, -0.05) is 59.4 Å². The number of nitrogens with zero attached hydrogens (tertiary/aromatic N) is 2. The molecule has 0 radical (unpaired) electrons. The number of amides is 1. The van der Waals surface area contributed by atoms with Crippen molar-refractivity contribution in [3.05, 3.63) is 113 Å². The van der Waals surface area contributed by atoms with Crippen LogP contribution in [0.25, 0.3) is 34.2 Å². The van der Waals surface area contributed by atoms with E-state index in [4.69, 9.17) is 14.5 Å². The highest BCUT2D eigenvalue weighted by Gasteiger charge is 2.19. The second kappa shape index (κ2) is 11.1. The van der Waals surface area contributed by atoms with Gasteiger partial charge in [-0.2, -0.15) is 5.26 Å². The van der Waals surface area contributed by atoms with Gasteiger partial charge < -0.3 is 9.73 Å². The van der Waals surface area contributed by atoms with Crippen molar-refractivity contribution in [2.24, 2.45) is 5.14 Å². The van der Waals surface area contributed by atoms with Crippen molar-refractivity contribution in [1.29, 1.82) is 5.26 Å². The second-order valence-electron chi connectivity index (χ2n) is 8.82. The van der Waals surface area contributed by atoms with Crippen LogP contribution in [0.15, 0.2) is 100 Å². The smallest absolute Gasteiger partial charge is 0.256 e. The molecule has 10 heteroatoms. The number of rotatable bonds is 7. The minimum Gasteiger partial charge on any atom is -0.457 e. The van der Waals surface area contributed by atoms with Crippen molar-refractivity contribution in [2.75, 3.05) is 5.32 Å². The maximum Gasteiger partial charge on any atom is 0.256 e. The van der Waals surface area contributed by atoms with E-state index in [0.717, 1.165) is 11.1 Å². The fourth-order valence-corrected chi connectivity index (χ4v) is 5.33. The molecule has 0 unspecified atom stereocenters. The highest BCUT2D eigenvalue weighted by molar-refractivity contribution is 7.89. The Morgan fingerprint density at radius 2 is 1.68 bits per heavy atom. The van der Waals surface area contributed by atoms with Crippen molar-refractivity contribution in [3.63, 3.8) is 0 Å². The van der Waals surface area contributed by atoms with Crippen LogP contribution >= 0.6 is 11.3 Å². The average molecular weight is 567 g/mol. The minimum atomic E-state index is -3.80. The van der Waals surface area contributed by atoms with Crippen LogP contribution < -0.4 is 10.5 Å².